The zero-order valence-electron chi connectivity index (χ0n) is 12.1. The Morgan fingerprint density at radius 1 is 1.12 bits per heavy atom. The number of nitrogens with one attached hydrogen (secondary N) is 1. The van der Waals surface area contributed by atoms with E-state index in [4.69, 9.17) is 0 Å². The van der Waals surface area contributed by atoms with Crippen LogP contribution in [0.3, 0.4) is 0 Å². The molecule has 0 aromatic rings. The molecule has 3 atom stereocenters. The molecule has 17 heavy (non-hydrogen) atoms. The third-order valence-corrected chi connectivity index (χ3v) is 4.95. The van der Waals surface area contributed by atoms with E-state index < -0.39 is 0 Å². The van der Waals surface area contributed by atoms with E-state index in [1.54, 1.807) is 0 Å². The van der Waals surface area contributed by atoms with Gasteiger partial charge in [-0.1, -0.05) is 40.0 Å². The first kappa shape index (κ1) is 13.4. The van der Waals surface area contributed by atoms with Crippen molar-refractivity contribution in [1.82, 2.24) is 5.32 Å². The highest BCUT2D eigenvalue weighted by molar-refractivity contribution is 4.84. The maximum absolute atomic E-state index is 3.87. The van der Waals surface area contributed by atoms with Crippen LogP contribution in [-0.2, 0) is 0 Å². The monoisotopic (exact) mass is 237 g/mol. The van der Waals surface area contributed by atoms with Crippen LogP contribution in [0.25, 0.3) is 0 Å². The first-order valence-corrected chi connectivity index (χ1v) is 7.78. The second kappa shape index (κ2) is 5.73. The van der Waals surface area contributed by atoms with Crippen LogP contribution in [0.5, 0.6) is 0 Å². The van der Waals surface area contributed by atoms with Crippen LogP contribution in [0.2, 0.25) is 0 Å². The zero-order chi connectivity index (χ0) is 12.3. The molecule has 2 rings (SSSR count). The van der Waals surface area contributed by atoms with Crippen molar-refractivity contribution in [2.24, 2.45) is 17.3 Å². The van der Waals surface area contributed by atoms with Gasteiger partial charge in [-0.2, -0.15) is 0 Å². The second-order valence-corrected chi connectivity index (χ2v) is 7.50. The van der Waals surface area contributed by atoms with Gasteiger partial charge < -0.3 is 5.32 Å². The highest BCUT2D eigenvalue weighted by Gasteiger charge is 2.28. The lowest BCUT2D eigenvalue weighted by Crippen LogP contribution is -2.40. The van der Waals surface area contributed by atoms with Crippen LogP contribution in [0, 0.1) is 17.3 Å². The average Bonchev–Trinajstić information content (AvgIpc) is 2.25. The van der Waals surface area contributed by atoms with Crippen molar-refractivity contribution in [3.63, 3.8) is 0 Å². The molecule has 0 aromatic carbocycles. The summed E-state index contributed by atoms with van der Waals surface area (Å²) in [6.07, 6.45) is 11.5. The fraction of sp³-hybridized carbons (Fsp3) is 1.00. The fourth-order valence-electron chi connectivity index (χ4n) is 3.95. The molecule has 1 nitrogen and oxygen atoms in total. The quantitative estimate of drug-likeness (QED) is 0.768. The van der Waals surface area contributed by atoms with Crippen LogP contribution < -0.4 is 5.32 Å². The van der Waals surface area contributed by atoms with E-state index in [-0.39, 0.29) is 0 Å². The topological polar surface area (TPSA) is 12.0 Å². The first-order chi connectivity index (χ1) is 8.05. The average molecular weight is 237 g/mol. The maximum atomic E-state index is 3.87. The van der Waals surface area contributed by atoms with Gasteiger partial charge in [-0.25, -0.2) is 0 Å². The lowest BCUT2D eigenvalue weighted by atomic mass is 9.75. The van der Waals surface area contributed by atoms with Crippen molar-refractivity contribution in [3.8, 4) is 0 Å². The molecule has 3 unspecified atom stereocenters. The smallest absolute Gasteiger partial charge is 0.00722 e. The van der Waals surface area contributed by atoms with E-state index in [2.05, 4.69) is 26.1 Å². The molecule has 100 valence electrons. The summed E-state index contributed by atoms with van der Waals surface area (Å²) in [6.45, 7) is 8.58. The van der Waals surface area contributed by atoms with Crippen molar-refractivity contribution >= 4 is 0 Å². The second-order valence-electron chi connectivity index (χ2n) is 7.50. The van der Waals surface area contributed by atoms with Crippen molar-refractivity contribution in [1.29, 1.82) is 0 Å². The molecule has 1 heteroatoms. The minimum absolute atomic E-state index is 0.579. The molecule has 1 N–H and O–H groups in total. The van der Waals surface area contributed by atoms with E-state index in [0.717, 1.165) is 17.9 Å². The minimum atomic E-state index is 0.579. The predicted molar refractivity (Wildman–Crippen MR) is 75.2 cm³/mol. The van der Waals surface area contributed by atoms with Gasteiger partial charge in [0.05, 0.1) is 0 Å². The molecule has 2 saturated carbocycles. The van der Waals surface area contributed by atoms with E-state index in [1.807, 2.05) is 0 Å². The number of hydrogen-bond donors (Lipinski definition) is 1. The van der Waals surface area contributed by atoms with E-state index >= 15 is 0 Å². The summed E-state index contributed by atoms with van der Waals surface area (Å²) < 4.78 is 0. The van der Waals surface area contributed by atoms with Gasteiger partial charge in [-0.05, 0) is 55.9 Å². The number of rotatable bonds is 3. The summed E-state index contributed by atoms with van der Waals surface area (Å²) in [5, 5.41) is 3.87. The fourth-order valence-corrected chi connectivity index (χ4v) is 3.95. The summed E-state index contributed by atoms with van der Waals surface area (Å²) in [7, 11) is 0. The van der Waals surface area contributed by atoms with E-state index in [1.165, 1.54) is 57.9 Å². The van der Waals surface area contributed by atoms with Crippen molar-refractivity contribution in [3.05, 3.63) is 0 Å². The van der Waals surface area contributed by atoms with Gasteiger partial charge in [0, 0.05) is 6.04 Å². The summed E-state index contributed by atoms with van der Waals surface area (Å²) >= 11 is 0. The maximum Gasteiger partial charge on any atom is 0.00722 e. The largest absolute Gasteiger partial charge is 0.314 e. The standard InChI is InChI=1S/C16H31N/c1-13-6-4-7-14(10-13)12-17-15-8-5-9-16(2,3)11-15/h13-15,17H,4-12H2,1-3H3. The lowest BCUT2D eigenvalue weighted by molar-refractivity contribution is 0.185. The van der Waals surface area contributed by atoms with Crippen molar-refractivity contribution < 1.29 is 0 Å². The molecule has 0 radical (unpaired) electrons. The van der Waals surface area contributed by atoms with Gasteiger partial charge in [-0.3, -0.25) is 0 Å². The first-order valence-electron chi connectivity index (χ1n) is 7.78. The Morgan fingerprint density at radius 3 is 2.65 bits per heavy atom. The molecule has 2 fully saturated rings. The van der Waals surface area contributed by atoms with Crippen LogP contribution in [0.1, 0.15) is 72.1 Å². The van der Waals surface area contributed by atoms with Crippen molar-refractivity contribution in [2.45, 2.75) is 78.2 Å². The third-order valence-electron chi connectivity index (χ3n) is 4.95. The van der Waals surface area contributed by atoms with Crippen LogP contribution in [0.4, 0.5) is 0 Å². The van der Waals surface area contributed by atoms with Crippen LogP contribution >= 0.6 is 0 Å². The van der Waals surface area contributed by atoms with E-state index in [0.29, 0.717) is 5.41 Å². The molecule has 0 spiro atoms. The summed E-state index contributed by atoms with van der Waals surface area (Å²) in [5.41, 5.74) is 0.579. The molecule has 0 aliphatic heterocycles. The Bertz CT molecular complexity index is 234. The minimum Gasteiger partial charge on any atom is -0.314 e. The van der Waals surface area contributed by atoms with Crippen LogP contribution in [0.15, 0.2) is 0 Å². The highest BCUT2D eigenvalue weighted by atomic mass is 14.9. The molecular formula is C16H31N. The molecule has 0 heterocycles. The molecule has 0 aromatic heterocycles. The molecule has 0 bridgehead atoms. The molecule has 0 amide bonds. The van der Waals surface area contributed by atoms with Crippen LogP contribution in [-0.4, -0.2) is 12.6 Å². The van der Waals surface area contributed by atoms with Crippen molar-refractivity contribution in [2.75, 3.05) is 6.54 Å². The lowest BCUT2D eigenvalue weighted by Gasteiger charge is -2.37. The Morgan fingerprint density at radius 2 is 1.94 bits per heavy atom. The Kier molecular flexibility index (Phi) is 4.52. The predicted octanol–water partition coefficient (Wildman–Crippen LogP) is 4.37. The SMILES string of the molecule is CC1CCCC(CNC2CCCC(C)(C)C2)C1. The Balaban J connectivity index is 1.70. The van der Waals surface area contributed by atoms with Gasteiger partial charge in [-0.15, -0.1) is 0 Å². The highest BCUT2D eigenvalue weighted by Crippen LogP contribution is 2.35. The summed E-state index contributed by atoms with van der Waals surface area (Å²) in [4.78, 5) is 0. The Labute approximate surface area is 108 Å². The molecule has 2 aliphatic rings. The molecular weight excluding hydrogens is 206 g/mol. The number of hydrogen-bond acceptors (Lipinski definition) is 1. The van der Waals surface area contributed by atoms with Gasteiger partial charge in [0.2, 0.25) is 0 Å². The van der Waals surface area contributed by atoms with E-state index in [9.17, 15) is 0 Å². The molecule has 2 aliphatic carbocycles. The zero-order valence-corrected chi connectivity index (χ0v) is 12.1. The molecule has 0 saturated heterocycles. The van der Waals surface area contributed by atoms with Gasteiger partial charge in [0.25, 0.3) is 0 Å². The third kappa shape index (κ3) is 4.28. The van der Waals surface area contributed by atoms with Gasteiger partial charge in [0.15, 0.2) is 0 Å². The van der Waals surface area contributed by atoms with Gasteiger partial charge in [0.1, 0.15) is 0 Å². The normalized spacial score (nSPS) is 37.9. The van der Waals surface area contributed by atoms with Gasteiger partial charge >= 0.3 is 0 Å². The summed E-state index contributed by atoms with van der Waals surface area (Å²) in [6, 6.07) is 0.802. The Hall–Kier alpha value is -0.0400. The summed E-state index contributed by atoms with van der Waals surface area (Å²) in [5.74, 6) is 1.93.